The molecule has 5 nitrogen and oxygen atoms in total. The molecule has 0 bridgehead atoms. The quantitative estimate of drug-likeness (QED) is 0.744. The van der Waals surface area contributed by atoms with Crippen molar-refractivity contribution < 1.29 is 14.3 Å². The van der Waals surface area contributed by atoms with Gasteiger partial charge in [0, 0.05) is 31.4 Å². The molecular weight excluding hydrogens is 387 g/mol. The fourth-order valence-corrected chi connectivity index (χ4v) is 3.10. The molecule has 1 amide bonds. The molecule has 1 saturated heterocycles. The van der Waals surface area contributed by atoms with Crippen LogP contribution in [-0.2, 0) is 16.1 Å². The van der Waals surface area contributed by atoms with Crippen molar-refractivity contribution in [3.05, 3.63) is 58.1 Å². The molecule has 7 heteroatoms. The first-order valence-corrected chi connectivity index (χ1v) is 9.62. The summed E-state index contributed by atoms with van der Waals surface area (Å²) in [4.78, 5) is 14.5. The predicted molar refractivity (Wildman–Crippen MR) is 108 cm³/mol. The minimum Gasteiger partial charge on any atom is -0.493 e. The van der Waals surface area contributed by atoms with E-state index in [1.54, 1.807) is 18.2 Å². The number of benzene rings is 2. The Bertz CT molecular complexity index is 780. The van der Waals surface area contributed by atoms with E-state index < -0.39 is 0 Å². The molecule has 3 rings (SSSR count). The van der Waals surface area contributed by atoms with E-state index in [4.69, 9.17) is 32.7 Å². The van der Waals surface area contributed by atoms with Gasteiger partial charge in [0.2, 0.25) is 5.91 Å². The highest BCUT2D eigenvalue weighted by molar-refractivity contribution is 6.42. The maximum atomic E-state index is 12.2. The van der Waals surface area contributed by atoms with Crippen LogP contribution in [0.5, 0.6) is 5.75 Å². The molecule has 144 valence electrons. The molecule has 1 heterocycles. The number of anilines is 1. The van der Waals surface area contributed by atoms with Crippen LogP contribution in [0.15, 0.2) is 42.5 Å². The van der Waals surface area contributed by atoms with Crippen molar-refractivity contribution >= 4 is 34.8 Å². The average Bonchev–Trinajstić information content (AvgIpc) is 2.66. The SMILES string of the molecule is O=C(CCOc1ccc(Cl)c(Cl)c1)Nc1cccc(CN2CCOCC2)c1. The topological polar surface area (TPSA) is 50.8 Å². The van der Waals surface area contributed by atoms with Crippen LogP contribution < -0.4 is 10.1 Å². The smallest absolute Gasteiger partial charge is 0.227 e. The molecule has 0 unspecified atom stereocenters. The first-order valence-electron chi connectivity index (χ1n) is 8.87. The Kier molecular flexibility index (Phi) is 7.35. The van der Waals surface area contributed by atoms with E-state index in [0.29, 0.717) is 15.8 Å². The highest BCUT2D eigenvalue weighted by atomic mass is 35.5. The predicted octanol–water partition coefficient (Wildman–Crippen LogP) is 4.23. The second-order valence-electron chi connectivity index (χ2n) is 6.31. The minimum absolute atomic E-state index is 0.0985. The Labute approximate surface area is 169 Å². The molecule has 0 saturated carbocycles. The number of hydrogen-bond acceptors (Lipinski definition) is 4. The highest BCUT2D eigenvalue weighted by Gasteiger charge is 2.11. The summed E-state index contributed by atoms with van der Waals surface area (Å²) in [6.07, 6.45) is 0.244. The van der Waals surface area contributed by atoms with E-state index in [1.807, 2.05) is 18.2 Å². The van der Waals surface area contributed by atoms with E-state index in [2.05, 4.69) is 16.3 Å². The van der Waals surface area contributed by atoms with Gasteiger partial charge in [0.1, 0.15) is 5.75 Å². The van der Waals surface area contributed by atoms with Gasteiger partial charge in [0.05, 0.1) is 36.3 Å². The molecule has 0 radical (unpaired) electrons. The van der Waals surface area contributed by atoms with Crippen molar-refractivity contribution in [1.29, 1.82) is 0 Å². The van der Waals surface area contributed by atoms with Gasteiger partial charge in [-0.05, 0) is 29.8 Å². The largest absolute Gasteiger partial charge is 0.493 e. The van der Waals surface area contributed by atoms with Crippen molar-refractivity contribution in [2.45, 2.75) is 13.0 Å². The molecule has 0 atom stereocenters. The van der Waals surface area contributed by atoms with E-state index in [-0.39, 0.29) is 18.9 Å². The van der Waals surface area contributed by atoms with Gasteiger partial charge in [-0.1, -0.05) is 35.3 Å². The molecule has 1 aliphatic heterocycles. The number of amides is 1. The molecule has 2 aromatic rings. The van der Waals surface area contributed by atoms with Crippen LogP contribution >= 0.6 is 23.2 Å². The monoisotopic (exact) mass is 408 g/mol. The summed E-state index contributed by atoms with van der Waals surface area (Å²) in [6, 6.07) is 12.9. The van der Waals surface area contributed by atoms with Gasteiger partial charge in [0.25, 0.3) is 0 Å². The number of carbonyl (C=O) groups is 1. The Morgan fingerprint density at radius 2 is 1.93 bits per heavy atom. The van der Waals surface area contributed by atoms with Crippen LogP contribution in [0.2, 0.25) is 10.0 Å². The van der Waals surface area contributed by atoms with Crippen LogP contribution in [0.25, 0.3) is 0 Å². The zero-order valence-corrected chi connectivity index (χ0v) is 16.4. The van der Waals surface area contributed by atoms with Gasteiger partial charge in [-0.3, -0.25) is 9.69 Å². The number of nitrogens with zero attached hydrogens (tertiary/aromatic N) is 1. The number of hydrogen-bond donors (Lipinski definition) is 1. The second kappa shape index (κ2) is 9.95. The Hall–Kier alpha value is -1.79. The van der Waals surface area contributed by atoms with Gasteiger partial charge in [-0.25, -0.2) is 0 Å². The van der Waals surface area contributed by atoms with Crippen LogP contribution in [0.1, 0.15) is 12.0 Å². The lowest BCUT2D eigenvalue weighted by molar-refractivity contribution is -0.116. The Balaban J connectivity index is 1.45. The van der Waals surface area contributed by atoms with Crippen molar-refractivity contribution in [3.63, 3.8) is 0 Å². The first kappa shape index (κ1) is 20.0. The lowest BCUT2D eigenvalue weighted by Crippen LogP contribution is -2.35. The first-order chi connectivity index (χ1) is 13.1. The van der Waals surface area contributed by atoms with Crippen LogP contribution in [0.4, 0.5) is 5.69 Å². The zero-order valence-electron chi connectivity index (χ0n) is 14.9. The normalized spacial score (nSPS) is 14.7. The third-order valence-corrected chi connectivity index (χ3v) is 4.95. The van der Waals surface area contributed by atoms with Crippen LogP contribution in [0, 0.1) is 0 Å². The molecule has 1 N–H and O–H groups in total. The number of rotatable bonds is 7. The molecule has 1 aliphatic rings. The third kappa shape index (κ3) is 6.40. The number of morpholine rings is 1. The summed E-state index contributed by atoms with van der Waals surface area (Å²) < 4.78 is 10.9. The van der Waals surface area contributed by atoms with Crippen LogP contribution in [-0.4, -0.2) is 43.7 Å². The van der Waals surface area contributed by atoms with Gasteiger partial charge in [-0.2, -0.15) is 0 Å². The number of nitrogens with one attached hydrogen (secondary N) is 1. The standard InChI is InChI=1S/C20H22Cl2N2O3/c21-18-5-4-17(13-19(18)22)27-9-6-20(25)23-16-3-1-2-15(12-16)14-24-7-10-26-11-8-24/h1-5,12-13H,6-11,14H2,(H,23,25). The van der Waals surface area contributed by atoms with Crippen molar-refractivity contribution in [3.8, 4) is 5.75 Å². The zero-order chi connectivity index (χ0) is 19.1. The fraction of sp³-hybridized carbons (Fsp3) is 0.350. The molecule has 2 aromatic carbocycles. The number of ether oxygens (including phenoxy) is 2. The van der Waals surface area contributed by atoms with Crippen molar-refractivity contribution in [2.24, 2.45) is 0 Å². The second-order valence-corrected chi connectivity index (χ2v) is 7.13. The molecule has 0 spiro atoms. The van der Waals surface area contributed by atoms with Gasteiger partial charge in [0.15, 0.2) is 0 Å². The fourth-order valence-electron chi connectivity index (χ4n) is 2.82. The highest BCUT2D eigenvalue weighted by Crippen LogP contribution is 2.26. The average molecular weight is 409 g/mol. The lowest BCUT2D eigenvalue weighted by atomic mass is 10.2. The van der Waals surface area contributed by atoms with Gasteiger partial charge in [-0.15, -0.1) is 0 Å². The summed E-state index contributed by atoms with van der Waals surface area (Å²) in [6.45, 7) is 4.53. The summed E-state index contributed by atoms with van der Waals surface area (Å²) >= 11 is 11.8. The summed E-state index contributed by atoms with van der Waals surface area (Å²) in [5.74, 6) is 0.489. The minimum atomic E-state index is -0.0985. The molecular formula is C20H22Cl2N2O3. The van der Waals surface area contributed by atoms with E-state index in [9.17, 15) is 4.79 Å². The summed E-state index contributed by atoms with van der Waals surface area (Å²) in [5.41, 5.74) is 1.96. The van der Waals surface area contributed by atoms with Crippen molar-refractivity contribution in [1.82, 2.24) is 4.90 Å². The van der Waals surface area contributed by atoms with E-state index in [1.165, 1.54) is 5.56 Å². The summed E-state index contributed by atoms with van der Waals surface area (Å²) in [7, 11) is 0. The van der Waals surface area contributed by atoms with E-state index in [0.717, 1.165) is 38.5 Å². The third-order valence-electron chi connectivity index (χ3n) is 4.21. The molecule has 1 fully saturated rings. The maximum Gasteiger partial charge on any atom is 0.227 e. The van der Waals surface area contributed by atoms with Gasteiger partial charge >= 0.3 is 0 Å². The number of halogens is 2. The lowest BCUT2D eigenvalue weighted by Gasteiger charge is -2.26. The Morgan fingerprint density at radius 3 is 2.70 bits per heavy atom. The molecule has 0 aliphatic carbocycles. The van der Waals surface area contributed by atoms with Crippen molar-refractivity contribution in [2.75, 3.05) is 38.2 Å². The van der Waals surface area contributed by atoms with Gasteiger partial charge < -0.3 is 14.8 Å². The Morgan fingerprint density at radius 1 is 1.11 bits per heavy atom. The summed E-state index contributed by atoms with van der Waals surface area (Å²) in [5, 5.41) is 3.81. The maximum absolute atomic E-state index is 12.2. The molecule has 27 heavy (non-hydrogen) atoms. The van der Waals surface area contributed by atoms with Crippen LogP contribution in [0.3, 0.4) is 0 Å². The van der Waals surface area contributed by atoms with E-state index >= 15 is 0 Å². The number of carbonyl (C=O) groups excluding carboxylic acids is 1. The molecule has 0 aromatic heterocycles.